The molecule has 0 unspecified atom stereocenters. The van der Waals surface area contributed by atoms with E-state index < -0.39 is 0 Å². The molecule has 4 heteroatoms. The molecular formula is C22H20N4. The fourth-order valence-corrected chi connectivity index (χ4v) is 2.96. The van der Waals surface area contributed by atoms with E-state index in [1.54, 1.807) is 0 Å². The normalized spacial score (nSPS) is 11.5. The number of pyridine rings is 1. The standard InChI is InChI=1S/C22H20N4/c1-15-7-6-8-19(13-15)24-25-22-21(18-11-10-16(2)17(3)14-18)23-20-9-4-5-12-26(20)22/h4-14H,1-3H3. The minimum atomic E-state index is 0.741. The van der Waals surface area contributed by atoms with Crippen molar-refractivity contribution in [1.29, 1.82) is 0 Å². The highest BCUT2D eigenvalue weighted by molar-refractivity contribution is 5.75. The fraction of sp³-hybridized carbons (Fsp3) is 0.136. The summed E-state index contributed by atoms with van der Waals surface area (Å²) >= 11 is 0. The summed E-state index contributed by atoms with van der Waals surface area (Å²) in [4.78, 5) is 4.79. The van der Waals surface area contributed by atoms with E-state index in [1.165, 1.54) is 11.1 Å². The van der Waals surface area contributed by atoms with Crippen LogP contribution in [0.1, 0.15) is 16.7 Å². The molecule has 2 aromatic carbocycles. The van der Waals surface area contributed by atoms with Gasteiger partial charge in [-0.1, -0.05) is 30.3 Å². The van der Waals surface area contributed by atoms with Gasteiger partial charge in [0, 0.05) is 11.8 Å². The third-order valence-corrected chi connectivity index (χ3v) is 4.55. The van der Waals surface area contributed by atoms with Crippen LogP contribution in [0.25, 0.3) is 16.9 Å². The van der Waals surface area contributed by atoms with Gasteiger partial charge in [0.25, 0.3) is 0 Å². The first-order valence-corrected chi connectivity index (χ1v) is 8.65. The third-order valence-electron chi connectivity index (χ3n) is 4.55. The second-order valence-corrected chi connectivity index (χ2v) is 6.55. The Labute approximate surface area is 152 Å². The summed E-state index contributed by atoms with van der Waals surface area (Å²) in [6.45, 7) is 6.28. The minimum Gasteiger partial charge on any atom is -0.283 e. The molecule has 0 aliphatic heterocycles. The van der Waals surface area contributed by atoms with Crippen molar-refractivity contribution in [3.63, 3.8) is 0 Å². The summed E-state index contributed by atoms with van der Waals surface area (Å²) in [6.07, 6.45) is 1.97. The van der Waals surface area contributed by atoms with E-state index in [4.69, 9.17) is 4.98 Å². The predicted octanol–water partition coefficient (Wildman–Crippen LogP) is 6.34. The predicted molar refractivity (Wildman–Crippen MR) is 105 cm³/mol. The van der Waals surface area contributed by atoms with Crippen molar-refractivity contribution in [1.82, 2.24) is 9.38 Å². The van der Waals surface area contributed by atoms with Gasteiger partial charge in [0.2, 0.25) is 0 Å². The Morgan fingerprint density at radius 2 is 1.69 bits per heavy atom. The first kappa shape index (κ1) is 16.2. The van der Waals surface area contributed by atoms with E-state index in [2.05, 4.69) is 42.3 Å². The van der Waals surface area contributed by atoms with Crippen LogP contribution in [-0.4, -0.2) is 9.38 Å². The minimum absolute atomic E-state index is 0.741. The number of aryl methyl sites for hydroxylation is 3. The Kier molecular flexibility index (Phi) is 4.09. The lowest BCUT2D eigenvalue weighted by Gasteiger charge is -2.04. The number of hydrogen-bond acceptors (Lipinski definition) is 3. The number of rotatable bonds is 3. The molecule has 4 nitrogen and oxygen atoms in total. The zero-order chi connectivity index (χ0) is 18.1. The Bertz CT molecular complexity index is 1120. The molecule has 0 saturated carbocycles. The van der Waals surface area contributed by atoms with Gasteiger partial charge in [-0.3, -0.25) is 4.40 Å². The summed E-state index contributed by atoms with van der Waals surface area (Å²) in [5.74, 6) is 0.741. The molecule has 0 radical (unpaired) electrons. The quantitative estimate of drug-likeness (QED) is 0.401. The average molecular weight is 340 g/mol. The van der Waals surface area contributed by atoms with E-state index >= 15 is 0 Å². The third kappa shape index (κ3) is 3.02. The van der Waals surface area contributed by atoms with Gasteiger partial charge in [-0.05, 0) is 67.8 Å². The van der Waals surface area contributed by atoms with Crippen LogP contribution in [0.5, 0.6) is 0 Å². The molecule has 2 heterocycles. The number of aromatic nitrogens is 2. The average Bonchev–Trinajstić information content (AvgIpc) is 3.01. The lowest BCUT2D eigenvalue weighted by Crippen LogP contribution is -1.84. The van der Waals surface area contributed by atoms with Crippen LogP contribution < -0.4 is 0 Å². The van der Waals surface area contributed by atoms with Crippen molar-refractivity contribution in [2.45, 2.75) is 20.8 Å². The van der Waals surface area contributed by atoms with E-state index in [0.717, 1.165) is 34.0 Å². The smallest absolute Gasteiger partial charge is 0.187 e. The SMILES string of the molecule is Cc1cccc(N=Nc2c(-c3ccc(C)c(C)c3)nc3ccccn23)c1. The Morgan fingerprint density at radius 3 is 2.50 bits per heavy atom. The number of benzene rings is 2. The van der Waals surface area contributed by atoms with Gasteiger partial charge in [-0.25, -0.2) is 4.98 Å². The molecule has 0 aliphatic rings. The Morgan fingerprint density at radius 1 is 0.808 bits per heavy atom. The summed E-state index contributed by atoms with van der Waals surface area (Å²) in [6, 6.07) is 20.3. The molecule has 0 atom stereocenters. The molecule has 2 aromatic heterocycles. The van der Waals surface area contributed by atoms with Gasteiger partial charge in [0.15, 0.2) is 5.82 Å². The van der Waals surface area contributed by atoms with Crippen LogP contribution in [0.3, 0.4) is 0 Å². The molecule has 0 aliphatic carbocycles. The summed E-state index contributed by atoms with van der Waals surface area (Å²) in [7, 11) is 0. The number of hydrogen-bond donors (Lipinski definition) is 0. The van der Waals surface area contributed by atoms with E-state index in [-0.39, 0.29) is 0 Å². The molecule has 0 saturated heterocycles. The lowest BCUT2D eigenvalue weighted by atomic mass is 10.0. The molecule has 0 bridgehead atoms. The van der Waals surface area contributed by atoms with Crippen LogP contribution in [-0.2, 0) is 0 Å². The monoisotopic (exact) mass is 340 g/mol. The molecule has 0 fully saturated rings. The van der Waals surface area contributed by atoms with Crippen molar-refractivity contribution >= 4 is 17.2 Å². The molecule has 0 spiro atoms. The van der Waals surface area contributed by atoms with Crippen molar-refractivity contribution < 1.29 is 0 Å². The van der Waals surface area contributed by atoms with Gasteiger partial charge < -0.3 is 0 Å². The molecule has 26 heavy (non-hydrogen) atoms. The molecule has 128 valence electrons. The molecule has 0 amide bonds. The van der Waals surface area contributed by atoms with Crippen LogP contribution in [0.2, 0.25) is 0 Å². The zero-order valence-electron chi connectivity index (χ0n) is 15.1. The van der Waals surface area contributed by atoms with Crippen molar-refractivity contribution in [2.75, 3.05) is 0 Å². The van der Waals surface area contributed by atoms with Gasteiger partial charge in [-0.2, -0.15) is 0 Å². The topological polar surface area (TPSA) is 42.0 Å². The van der Waals surface area contributed by atoms with Gasteiger partial charge >= 0.3 is 0 Å². The van der Waals surface area contributed by atoms with Crippen LogP contribution in [0.4, 0.5) is 11.5 Å². The maximum absolute atomic E-state index is 4.79. The number of imidazole rings is 1. The highest BCUT2D eigenvalue weighted by Gasteiger charge is 2.14. The van der Waals surface area contributed by atoms with Crippen LogP contribution in [0, 0.1) is 20.8 Å². The second-order valence-electron chi connectivity index (χ2n) is 6.55. The van der Waals surface area contributed by atoms with Gasteiger partial charge in [0.1, 0.15) is 11.3 Å². The molecular weight excluding hydrogens is 320 g/mol. The second kappa shape index (κ2) is 6.56. The van der Waals surface area contributed by atoms with E-state index in [9.17, 15) is 0 Å². The Balaban J connectivity index is 1.88. The van der Waals surface area contributed by atoms with E-state index in [1.807, 2.05) is 60.0 Å². The summed E-state index contributed by atoms with van der Waals surface area (Å²) in [5.41, 5.74) is 7.25. The van der Waals surface area contributed by atoms with Crippen molar-refractivity contribution in [3.05, 3.63) is 83.6 Å². The van der Waals surface area contributed by atoms with E-state index in [0.29, 0.717) is 0 Å². The van der Waals surface area contributed by atoms with Crippen LogP contribution >= 0.6 is 0 Å². The Hall–Kier alpha value is -3.27. The maximum Gasteiger partial charge on any atom is 0.187 e. The van der Waals surface area contributed by atoms with Gasteiger partial charge in [-0.15, -0.1) is 10.2 Å². The molecule has 0 N–H and O–H groups in total. The molecule has 4 rings (SSSR count). The number of azo groups is 1. The highest BCUT2D eigenvalue weighted by atomic mass is 15.2. The number of nitrogens with zero attached hydrogens (tertiary/aromatic N) is 4. The fourth-order valence-electron chi connectivity index (χ4n) is 2.96. The summed E-state index contributed by atoms with van der Waals surface area (Å²) in [5, 5.41) is 9.01. The summed E-state index contributed by atoms with van der Waals surface area (Å²) < 4.78 is 1.98. The van der Waals surface area contributed by atoms with Gasteiger partial charge in [0.05, 0.1) is 5.69 Å². The maximum atomic E-state index is 4.79. The lowest BCUT2D eigenvalue weighted by molar-refractivity contribution is 1.10. The van der Waals surface area contributed by atoms with Crippen molar-refractivity contribution in [2.24, 2.45) is 10.2 Å². The zero-order valence-corrected chi connectivity index (χ0v) is 15.1. The highest BCUT2D eigenvalue weighted by Crippen LogP contribution is 2.33. The van der Waals surface area contributed by atoms with Crippen LogP contribution in [0.15, 0.2) is 77.1 Å². The molecule has 4 aromatic rings. The first-order chi connectivity index (χ1) is 12.6. The van der Waals surface area contributed by atoms with Crippen molar-refractivity contribution in [3.8, 4) is 11.3 Å². The largest absolute Gasteiger partial charge is 0.283 e. The number of fused-ring (bicyclic) bond motifs is 1. The first-order valence-electron chi connectivity index (χ1n) is 8.65.